The zero-order valence-corrected chi connectivity index (χ0v) is 15.8. The molecule has 1 fully saturated rings. The molecule has 2 atom stereocenters. The molecule has 26 heavy (non-hydrogen) atoms. The van der Waals surface area contributed by atoms with Gasteiger partial charge in [0, 0.05) is 13.1 Å². The molecule has 1 aromatic rings. The van der Waals surface area contributed by atoms with Crippen molar-refractivity contribution in [2.45, 2.75) is 38.4 Å². The highest BCUT2D eigenvalue weighted by Gasteiger charge is 2.29. The van der Waals surface area contributed by atoms with Gasteiger partial charge in [-0.3, -0.25) is 4.79 Å². The quantitative estimate of drug-likeness (QED) is 0.619. The van der Waals surface area contributed by atoms with Crippen molar-refractivity contribution in [1.82, 2.24) is 5.32 Å². The van der Waals surface area contributed by atoms with E-state index in [0.717, 1.165) is 18.4 Å². The van der Waals surface area contributed by atoms with Gasteiger partial charge in [0.25, 0.3) is 0 Å². The van der Waals surface area contributed by atoms with Gasteiger partial charge in [-0.25, -0.2) is 4.79 Å². The molecule has 0 radical (unpaired) electrons. The zero-order valence-electron chi connectivity index (χ0n) is 14.9. The van der Waals surface area contributed by atoms with Gasteiger partial charge in [-0.2, -0.15) is 0 Å². The average molecular weight is 387 g/mol. The summed E-state index contributed by atoms with van der Waals surface area (Å²) in [5.74, 6) is 0.138. The molecule has 1 amide bonds. The molecule has 0 saturated carbocycles. The topological polar surface area (TPSA) is 99.9 Å². The molecule has 1 aliphatic rings. The fourth-order valence-corrected chi connectivity index (χ4v) is 2.61. The standard InChI is InChI=1S/C18H26N2O5.ClH/c1-2-23-17(21)12-24-14-5-3-13(4-6-14)9-10-20-18(22)16-8-7-15(11-19)25-16;/h3-6,15-16H,2,7-12,19H2,1H3,(H,20,22);1H/t15-,16+;/m1./s1. The maximum atomic E-state index is 12.0. The third-order valence-electron chi connectivity index (χ3n) is 3.96. The lowest BCUT2D eigenvalue weighted by atomic mass is 10.1. The number of carbonyl (C=O) groups is 2. The maximum absolute atomic E-state index is 12.0. The Morgan fingerprint density at radius 1 is 1.27 bits per heavy atom. The van der Waals surface area contributed by atoms with Crippen LogP contribution >= 0.6 is 12.4 Å². The third-order valence-corrected chi connectivity index (χ3v) is 3.96. The minimum atomic E-state index is -0.389. The molecular weight excluding hydrogens is 360 g/mol. The summed E-state index contributed by atoms with van der Waals surface area (Å²) in [5.41, 5.74) is 6.61. The Kier molecular flexibility index (Phi) is 10.0. The van der Waals surface area contributed by atoms with Crippen molar-refractivity contribution >= 4 is 24.3 Å². The second kappa shape index (κ2) is 11.7. The number of hydrogen-bond acceptors (Lipinski definition) is 6. The molecule has 0 spiro atoms. The molecule has 0 aliphatic carbocycles. The van der Waals surface area contributed by atoms with E-state index in [2.05, 4.69) is 5.32 Å². The van der Waals surface area contributed by atoms with Crippen LogP contribution in [0.15, 0.2) is 24.3 Å². The van der Waals surface area contributed by atoms with Gasteiger partial charge in [0.2, 0.25) is 5.91 Å². The van der Waals surface area contributed by atoms with E-state index in [0.29, 0.717) is 31.9 Å². The van der Waals surface area contributed by atoms with E-state index in [4.69, 9.17) is 19.9 Å². The van der Waals surface area contributed by atoms with Gasteiger partial charge in [0.1, 0.15) is 11.9 Å². The molecule has 7 nitrogen and oxygen atoms in total. The SMILES string of the molecule is CCOC(=O)COc1ccc(CCNC(=O)[C@@H]2CC[C@H](CN)O2)cc1.Cl. The first-order chi connectivity index (χ1) is 12.1. The van der Waals surface area contributed by atoms with Crippen LogP contribution in [0.3, 0.4) is 0 Å². The van der Waals surface area contributed by atoms with Gasteiger partial charge in [-0.05, 0) is 43.9 Å². The Labute approximate surface area is 160 Å². The first-order valence-electron chi connectivity index (χ1n) is 8.63. The molecule has 2 rings (SSSR count). The van der Waals surface area contributed by atoms with E-state index in [1.165, 1.54) is 0 Å². The van der Waals surface area contributed by atoms with Gasteiger partial charge in [0.05, 0.1) is 12.7 Å². The molecule has 3 N–H and O–H groups in total. The summed E-state index contributed by atoms with van der Waals surface area (Å²) in [7, 11) is 0. The van der Waals surface area contributed by atoms with E-state index >= 15 is 0 Å². The molecule has 1 heterocycles. The largest absolute Gasteiger partial charge is 0.482 e. The van der Waals surface area contributed by atoms with Gasteiger partial charge in [0.15, 0.2) is 6.61 Å². The Bertz CT molecular complexity index is 567. The van der Waals surface area contributed by atoms with Crippen molar-refractivity contribution in [2.24, 2.45) is 5.73 Å². The molecule has 1 aliphatic heterocycles. The van der Waals surface area contributed by atoms with Gasteiger partial charge in [-0.1, -0.05) is 12.1 Å². The van der Waals surface area contributed by atoms with Crippen molar-refractivity contribution < 1.29 is 23.8 Å². The predicted molar refractivity (Wildman–Crippen MR) is 99.5 cm³/mol. The summed E-state index contributed by atoms with van der Waals surface area (Å²) >= 11 is 0. The highest BCUT2D eigenvalue weighted by Crippen LogP contribution is 2.18. The molecule has 8 heteroatoms. The van der Waals surface area contributed by atoms with Crippen LogP contribution in [-0.4, -0.2) is 50.4 Å². The van der Waals surface area contributed by atoms with E-state index in [1.54, 1.807) is 19.1 Å². The van der Waals surface area contributed by atoms with Crippen molar-refractivity contribution in [3.63, 3.8) is 0 Å². The molecule has 0 bridgehead atoms. The van der Waals surface area contributed by atoms with Gasteiger partial charge in [-0.15, -0.1) is 12.4 Å². The van der Waals surface area contributed by atoms with Crippen molar-refractivity contribution in [3.05, 3.63) is 29.8 Å². The number of ether oxygens (including phenoxy) is 3. The fourth-order valence-electron chi connectivity index (χ4n) is 2.61. The van der Waals surface area contributed by atoms with Crippen LogP contribution in [0, 0.1) is 0 Å². The van der Waals surface area contributed by atoms with Crippen LogP contribution in [0.25, 0.3) is 0 Å². The van der Waals surface area contributed by atoms with E-state index in [1.807, 2.05) is 12.1 Å². The van der Waals surface area contributed by atoms with Crippen molar-refractivity contribution in [2.75, 3.05) is 26.3 Å². The summed E-state index contributed by atoms with van der Waals surface area (Å²) in [4.78, 5) is 23.2. The number of esters is 1. The number of halogens is 1. The molecule has 1 saturated heterocycles. The molecule has 1 aromatic carbocycles. The highest BCUT2D eigenvalue weighted by atomic mass is 35.5. The lowest BCUT2D eigenvalue weighted by Gasteiger charge is -2.12. The zero-order chi connectivity index (χ0) is 18.1. The minimum absolute atomic E-state index is 0. The normalized spacial score (nSPS) is 18.7. The van der Waals surface area contributed by atoms with Gasteiger partial charge >= 0.3 is 5.97 Å². The summed E-state index contributed by atoms with van der Waals surface area (Å²) in [6.07, 6.45) is 1.88. The summed E-state index contributed by atoms with van der Waals surface area (Å²) in [6.45, 7) is 2.98. The van der Waals surface area contributed by atoms with Crippen LogP contribution in [0.1, 0.15) is 25.3 Å². The lowest BCUT2D eigenvalue weighted by Crippen LogP contribution is -2.36. The Morgan fingerprint density at radius 2 is 2.00 bits per heavy atom. The Hall–Kier alpha value is -1.83. The van der Waals surface area contributed by atoms with E-state index in [9.17, 15) is 9.59 Å². The summed E-state index contributed by atoms with van der Waals surface area (Å²) in [5, 5.41) is 2.89. The van der Waals surface area contributed by atoms with Crippen LogP contribution in [0.5, 0.6) is 5.75 Å². The molecule has 146 valence electrons. The van der Waals surface area contributed by atoms with Crippen LogP contribution in [-0.2, 0) is 25.5 Å². The van der Waals surface area contributed by atoms with Crippen molar-refractivity contribution in [1.29, 1.82) is 0 Å². The van der Waals surface area contributed by atoms with Gasteiger partial charge < -0.3 is 25.3 Å². The van der Waals surface area contributed by atoms with E-state index in [-0.39, 0.29) is 43.1 Å². The third kappa shape index (κ3) is 7.19. The second-order valence-electron chi connectivity index (χ2n) is 5.84. The number of nitrogens with two attached hydrogens (primary N) is 1. The average Bonchev–Trinajstić information content (AvgIpc) is 3.10. The molecule has 0 unspecified atom stereocenters. The second-order valence-corrected chi connectivity index (χ2v) is 5.84. The minimum Gasteiger partial charge on any atom is -0.482 e. The predicted octanol–water partition coefficient (Wildman–Crippen LogP) is 1.22. The highest BCUT2D eigenvalue weighted by molar-refractivity contribution is 5.85. The number of amides is 1. The number of carbonyl (C=O) groups excluding carboxylic acids is 2. The van der Waals surface area contributed by atoms with Crippen LogP contribution in [0.4, 0.5) is 0 Å². The Morgan fingerprint density at radius 3 is 2.62 bits per heavy atom. The van der Waals surface area contributed by atoms with Crippen molar-refractivity contribution in [3.8, 4) is 5.75 Å². The smallest absolute Gasteiger partial charge is 0.344 e. The summed E-state index contributed by atoms with van der Waals surface area (Å²) < 4.78 is 15.7. The first kappa shape index (κ1) is 22.2. The molecule has 0 aromatic heterocycles. The number of nitrogens with one attached hydrogen (secondary N) is 1. The first-order valence-corrected chi connectivity index (χ1v) is 8.63. The van der Waals surface area contributed by atoms with E-state index < -0.39 is 0 Å². The number of benzene rings is 1. The lowest BCUT2D eigenvalue weighted by molar-refractivity contribution is -0.145. The number of rotatable bonds is 9. The monoisotopic (exact) mass is 386 g/mol. The summed E-state index contributed by atoms with van der Waals surface area (Å²) in [6, 6.07) is 7.40. The Balaban J connectivity index is 0.00000338. The van der Waals surface area contributed by atoms with Crippen LogP contribution in [0.2, 0.25) is 0 Å². The maximum Gasteiger partial charge on any atom is 0.344 e. The van der Waals surface area contributed by atoms with Crippen LogP contribution < -0.4 is 15.8 Å². The molecular formula is C18H27ClN2O5. The number of hydrogen-bond donors (Lipinski definition) is 2. The fraction of sp³-hybridized carbons (Fsp3) is 0.556.